The molecule has 1 aromatic heterocycles. The van der Waals surface area contributed by atoms with Crippen molar-refractivity contribution < 1.29 is 0 Å². The Bertz CT molecular complexity index is 291. The van der Waals surface area contributed by atoms with E-state index in [9.17, 15) is 4.79 Å². The number of H-pyrrole nitrogens is 2. The van der Waals surface area contributed by atoms with Crippen molar-refractivity contribution in [1.82, 2.24) is 15.2 Å². The van der Waals surface area contributed by atoms with E-state index in [0.717, 1.165) is 0 Å². The summed E-state index contributed by atoms with van der Waals surface area (Å²) in [6, 6.07) is 1.95. The first-order valence-corrected chi connectivity index (χ1v) is 2.83. The van der Waals surface area contributed by atoms with Gasteiger partial charge in [0.25, 0.3) is 0 Å². The zero-order chi connectivity index (χ0) is 7.40. The maximum absolute atomic E-state index is 10.4. The predicted molar refractivity (Wildman–Crippen MR) is 33.1 cm³/mol. The van der Waals surface area contributed by atoms with E-state index in [-0.39, 0.29) is 5.69 Å². The van der Waals surface area contributed by atoms with Gasteiger partial charge in [-0.05, 0) is 0 Å². The molecule has 0 fully saturated rings. The lowest BCUT2D eigenvalue weighted by molar-refractivity contribution is 0.892. The molecular weight excluding hydrogens is 132 g/mol. The fourth-order valence-corrected chi connectivity index (χ4v) is 0.598. The second-order valence-corrected chi connectivity index (χ2v) is 1.78. The van der Waals surface area contributed by atoms with Crippen LogP contribution < -0.4 is 5.69 Å². The van der Waals surface area contributed by atoms with Crippen molar-refractivity contribution in [3.63, 3.8) is 0 Å². The number of hydrogen-bond acceptors (Lipinski definition) is 3. The summed E-state index contributed by atoms with van der Waals surface area (Å²) < 4.78 is 0. The molecule has 10 heavy (non-hydrogen) atoms. The summed E-state index contributed by atoms with van der Waals surface area (Å²) in [5.41, 5.74) is -0.326. The summed E-state index contributed by atoms with van der Waals surface area (Å²) in [6.07, 6.45) is 0.871. The van der Waals surface area contributed by atoms with Gasteiger partial charge in [-0.2, -0.15) is 10.4 Å². The molecule has 0 unspecified atom stereocenters. The first-order valence-electron chi connectivity index (χ1n) is 2.83. The summed E-state index contributed by atoms with van der Waals surface area (Å²) in [5.74, 6) is 0.534. The van der Waals surface area contributed by atoms with Gasteiger partial charge in [-0.25, -0.2) is 9.89 Å². The van der Waals surface area contributed by atoms with Crippen molar-refractivity contribution >= 4 is 0 Å². The second kappa shape index (κ2) is 2.82. The van der Waals surface area contributed by atoms with Crippen LogP contribution in [0.3, 0.4) is 0 Å². The third-order valence-electron chi connectivity index (χ3n) is 1.02. The molecule has 0 atom stereocenters. The number of aromatic nitrogens is 3. The maximum atomic E-state index is 10.4. The van der Waals surface area contributed by atoms with E-state index in [0.29, 0.717) is 18.7 Å². The van der Waals surface area contributed by atoms with Crippen LogP contribution in [0.2, 0.25) is 0 Å². The van der Waals surface area contributed by atoms with Gasteiger partial charge in [0.05, 0.1) is 6.07 Å². The number of rotatable bonds is 2. The SMILES string of the molecule is N#CCCc1n[nH]c(=O)[nH]1. The van der Waals surface area contributed by atoms with Crippen LogP contribution in [0.4, 0.5) is 0 Å². The Morgan fingerprint density at radius 1 is 1.70 bits per heavy atom. The molecule has 0 saturated carbocycles. The van der Waals surface area contributed by atoms with Crippen LogP contribution in [0.1, 0.15) is 12.2 Å². The smallest absolute Gasteiger partial charge is 0.293 e. The van der Waals surface area contributed by atoms with Gasteiger partial charge in [-0.3, -0.25) is 4.98 Å². The fourth-order valence-electron chi connectivity index (χ4n) is 0.598. The topological polar surface area (TPSA) is 85.3 Å². The molecule has 1 aromatic rings. The molecule has 2 N–H and O–H groups in total. The highest BCUT2D eigenvalue weighted by Crippen LogP contribution is 1.87. The number of nitrogens with zero attached hydrogens (tertiary/aromatic N) is 2. The lowest BCUT2D eigenvalue weighted by Crippen LogP contribution is -2.01. The second-order valence-electron chi connectivity index (χ2n) is 1.78. The fraction of sp³-hybridized carbons (Fsp3) is 0.400. The Labute approximate surface area is 56.7 Å². The summed E-state index contributed by atoms with van der Waals surface area (Å²) >= 11 is 0. The molecule has 0 radical (unpaired) electrons. The molecule has 0 aliphatic rings. The Kier molecular flexibility index (Phi) is 1.85. The van der Waals surface area contributed by atoms with E-state index in [1.807, 2.05) is 6.07 Å². The zero-order valence-corrected chi connectivity index (χ0v) is 5.22. The van der Waals surface area contributed by atoms with Gasteiger partial charge in [0.1, 0.15) is 5.82 Å². The summed E-state index contributed by atoms with van der Waals surface area (Å²) in [6.45, 7) is 0. The van der Waals surface area contributed by atoms with Crippen LogP contribution in [0.5, 0.6) is 0 Å². The molecule has 0 amide bonds. The molecular formula is C5H6N4O. The third kappa shape index (κ3) is 1.45. The minimum atomic E-state index is -0.326. The number of nitriles is 1. The highest BCUT2D eigenvalue weighted by molar-refractivity contribution is 4.85. The molecule has 1 heterocycles. The summed E-state index contributed by atoms with van der Waals surface area (Å²) in [4.78, 5) is 12.8. The van der Waals surface area contributed by atoms with Crippen LogP contribution in [0.15, 0.2) is 4.79 Å². The molecule has 0 bridgehead atoms. The van der Waals surface area contributed by atoms with Gasteiger partial charge in [0.15, 0.2) is 0 Å². The van der Waals surface area contributed by atoms with Crippen molar-refractivity contribution in [3.05, 3.63) is 16.3 Å². The van der Waals surface area contributed by atoms with Gasteiger partial charge in [0.2, 0.25) is 0 Å². The van der Waals surface area contributed by atoms with Gasteiger partial charge >= 0.3 is 5.69 Å². The van der Waals surface area contributed by atoms with Gasteiger partial charge in [-0.15, -0.1) is 0 Å². The van der Waals surface area contributed by atoms with Crippen LogP contribution in [0.25, 0.3) is 0 Å². The van der Waals surface area contributed by atoms with E-state index in [4.69, 9.17) is 5.26 Å². The molecule has 0 aromatic carbocycles. The first-order chi connectivity index (χ1) is 4.83. The lowest BCUT2D eigenvalue weighted by atomic mass is 10.3. The Morgan fingerprint density at radius 3 is 3.00 bits per heavy atom. The Hall–Kier alpha value is -1.57. The molecule has 5 nitrogen and oxygen atoms in total. The summed E-state index contributed by atoms with van der Waals surface area (Å²) in [7, 11) is 0. The maximum Gasteiger partial charge on any atom is 0.340 e. The zero-order valence-electron chi connectivity index (χ0n) is 5.22. The Balaban J connectivity index is 2.61. The highest BCUT2D eigenvalue weighted by atomic mass is 16.1. The number of hydrogen-bond donors (Lipinski definition) is 2. The minimum Gasteiger partial charge on any atom is -0.293 e. The van der Waals surface area contributed by atoms with E-state index in [1.54, 1.807) is 0 Å². The van der Waals surface area contributed by atoms with E-state index in [2.05, 4.69) is 15.2 Å². The molecule has 1 rings (SSSR count). The average molecular weight is 138 g/mol. The van der Waals surface area contributed by atoms with Crippen LogP contribution in [0, 0.1) is 11.3 Å². The molecule has 5 heteroatoms. The predicted octanol–water partition coefficient (Wildman–Crippen LogP) is -0.446. The number of aromatic amines is 2. The molecule has 0 aliphatic carbocycles. The third-order valence-corrected chi connectivity index (χ3v) is 1.02. The van der Waals surface area contributed by atoms with Crippen LogP contribution >= 0.6 is 0 Å². The van der Waals surface area contributed by atoms with Crippen molar-refractivity contribution in [1.29, 1.82) is 5.26 Å². The molecule has 0 saturated heterocycles. The van der Waals surface area contributed by atoms with Crippen molar-refractivity contribution in [2.45, 2.75) is 12.8 Å². The summed E-state index contributed by atoms with van der Waals surface area (Å²) in [5, 5.41) is 14.0. The van der Waals surface area contributed by atoms with E-state index in [1.165, 1.54) is 0 Å². The van der Waals surface area contributed by atoms with E-state index < -0.39 is 0 Å². The van der Waals surface area contributed by atoms with Crippen molar-refractivity contribution in [3.8, 4) is 6.07 Å². The van der Waals surface area contributed by atoms with Gasteiger partial charge < -0.3 is 0 Å². The Morgan fingerprint density at radius 2 is 2.50 bits per heavy atom. The van der Waals surface area contributed by atoms with Gasteiger partial charge in [0, 0.05) is 12.8 Å². The van der Waals surface area contributed by atoms with Crippen molar-refractivity contribution in [2.75, 3.05) is 0 Å². The molecule has 0 spiro atoms. The minimum absolute atomic E-state index is 0.326. The lowest BCUT2D eigenvalue weighted by Gasteiger charge is -1.82. The van der Waals surface area contributed by atoms with Crippen LogP contribution in [-0.2, 0) is 6.42 Å². The molecule has 52 valence electrons. The largest absolute Gasteiger partial charge is 0.340 e. The van der Waals surface area contributed by atoms with E-state index >= 15 is 0 Å². The highest BCUT2D eigenvalue weighted by Gasteiger charge is 1.94. The first kappa shape index (κ1) is 6.55. The van der Waals surface area contributed by atoms with Gasteiger partial charge in [-0.1, -0.05) is 0 Å². The normalized spacial score (nSPS) is 9.10. The number of nitrogens with one attached hydrogen (secondary N) is 2. The molecule has 0 aliphatic heterocycles. The van der Waals surface area contributed by atoms with Crippen molar-refractivity contribution in [2.24, 2.45) is 0 Å². The standard InChI is InChI=1S/C5H6N4O/c6-3-1-2-4-7-5(10)9-8-4/h1-2H2,(H2,7,8,9,10). The average Bonchev–Trinajstić information content (AvgIpc) is 2.31. The quantitative estimate of drug-likeness (QED) is 0.580. The monoisotopic (exact) mass is 138 g/mol. The number of aryl methyl sites for hydroxylation is 1. The van der Waals surface area contributed by atoms with Crippen LogP contribution in [-0.4, -0.2) is 15.2 Å².